The molecule has 1 aromatic carbocycles. The van der Waals surface area contributed by atoms with E-state index in [0.717, 1.165) is 0 Å². The van der Waals surface area contributed by atoms with E-state index in [1.807, 2.05) is 0 Å². The Bertz CT molecular complexity index is 396. The lowest BCUT2D eigenvalue weighted by Gasteiger charge is -2.13. The van der Waals surface area contributed by atoms with Gasteiger partial charge in [-0.2, -0.15) is 0 Å². The number of benzene rings is 1. The quantitative estimate of drug-likeness (QED) is 0.798. The average Bonchev–Trinajstić information content (AvgIpc) is 2.36. The fourth-order valence-electron chi connectivity index (χ4n) is 1.44. The molecule has 17 heavy (non-hydrogen) atoms. The summed E-state index contributed by atoms with van der Waals surface area (Å²) < 4.78 is 9.16. The molecular formula is C12H14O5. The van der Waals surface area contributed by atoms with Gasteiger partial charge in [0.2, 0.25) is 0 Å². The minimum atomic E-state index is -0.715. The molecule has 0 unspecified atom stereocenters. The summed E-state index contributed by atoms with van der Waals surface area (Å²) in [4.78, 5) is 22.8. The predicted molar refractivity (Wildman–Crippen MR) is 59.5 cm³/mol. The first-order valence-electron chi connectivity index (χ1n) is 5.02. The highest BCUT2D eigenvalue weighted by atomic mass is 16.5. The molecule has 0 aliphatic heterocycles. The SMILES string of the molecule is COC(=O)C[C@H](C(=O)OC)c1ccc(O)cc1. The third-order valence-electron chi connectivity index (χ3n) is 2.38. The highest BCUT2D eigenvalue weighted by molar-refractivity contribution is 5.84. The van der Waals surface area contributed by atoms with Gasteiger partial charge in [0, 0.05) is 0 Å². The van der Waals surface area contributed by atoms with Crippen LogP contribution in [0.3, 0.4) is 0 Å². The fraction of sp³-hybridized carbons (Fsp3) is 0.333. The Balaban J connectivity index is 2.93. The van der Waals surface area contributed by atoms with Crippen molar-refractivity contribution < 1.29 is 24.2 Å². The van der Waals surface area contributed by atoms with E-state index in [0.29, 0.717) is 5.56 Å². The molecule has 92 valence electrons. The number of ether oxygens (including phenoxy) is 2. The predicted octanol–water partition coefficient (Wildman–Crippen LogP) is 1.21. The normalized spacial score (nSPS) is 11.6. The molecule has 0 fully saturated rings. The van der Waals surface area contributed by atoms with Crippen LogP contribution in [0.15, 0.2) is 24.3 Å². The number of methoxy groups -OCH3 is 2. The number of phenolic OH excluding ortho intramolecular Hbond substituents is 1. The van der Waals surface area contributed by atoms with Gasteiger partial charge in [0.05, 0.1) is 26.6 Å². The lowest BCUT2D eigenvalue weighted by atomic mass is 9.96. The molecule has 0 saturated heterocycles. The zero-order chi connectivity index (χ0) is 12.8. The Morgan fingerprint density at radius 1 is 1.18 bits per heavy atom. The maximum atomic E-state index is 11.6. The number of hydrogen-bond acceptors (Lipinski definition) is 5. The van der Waals surface area contributed by atoms with Gasteiger partial charge in [-0.3, -0.25) is 9.59 Å². The van der Waals surface area contributed by atoms with Gasteiger partial charge in [0.1, 0.15) is 5.75 Å². The molecule has 0 aromatic heterocycles. The third kappa shape index (κ3) is 3.48. The van der Waals surface area contributed by atoms with Gasteiger partial charge in [-0.25, -0.2) is 0 Å². The number of carbonyl (C=O) groups is 2. The summed E-state index contributed by atoms with van der Waals surface area (Å²) in [6.45, 7) is 0. The Kier molecular flexibility index (Phi) is 4.51. The van der Waals surface area contributed by atoms with Crippen molar-refractivity contribution >= 4 is 11.9 Å². The molecule has 0 amide bonds. The van der Waals surface area contributed by atoms with E-state index < -0.39 is 17.9 Å². The van der Waals surface area contributed by atoms with Crippen molar-refractivity contribution in [3.63, 3.8) is 0 Å². The highest BCUT2D eigenvalue weighted by Crippen LogP contribution is 2.23. The van der Waals surface area contributed by atoms with Crippen molar-refractivity contribution in [1.29, 1.82) is 0 Å². The van der Waals surface area contributed by atoms with Gasteiger partial charge in [-0.15, -0.1) is 0 Å². The second-order valence-electron chi connectivity index (χ2n) is 3.45. The molecule has 0 aliphatic rings. The largest absolute Gasteiger partial charge is 0.508 e. The minimum absolute atomic E-state index is 0.0893. The summed E-state index contributed by atoms with van der Waals surface area (Å²) in [6.07, 6.45) is -0.0893. The highest BCUT2D eigenvalue weighted by Gasteiger charge is 2.24. The van der Waals surface area contributed by atoms with E-state index in [2.05, 4.69) is 9.47 Å². The first-order chi connectivity index (χ1) is 8.08. The van der Waals surface area contributed by atoms with Crippen molar-refractivity contribution in [3.8, 4) is 5.75 Å². The van der Waals surface area contributed by atoms with Gasteiger partial charge in [0.25, 0.3) is 0 Å². The Hall–Kier alpha value is -2.04. The second kappa shape index (κ2) is 5.89. The number of rotatable bonds is 4. The van der Waals surface area contributed by atoms with Crippen molar-refractivity contribution in [2.45, 2.75) is 12.3 Å². The van der Waals surface area contributed by atoms with Crippen LogP contribution in [-0.2, 0) is 19.1 Å². The summed E-state index contributed by atoms with van der Waals surface area (Å²) in [5.41, 5.74) is 0.597. The number of phenols is 1. The summed E-state index contributed by atoms with van der Waals surface area (Å²) in [6, 6.07) is 6.03. The first-order valence-corrected chi connectivity index (χ1v) is 5.02. The summed E-state index contributed by atoms with van der Waals surface area (Å²) in [5.74, 6) is -1.63. The molecule has 0 spiro atoms. The summed E-state index contributed by atoms with van der Waals surface area (Å²) >= 11 is 0. The van der Waals surface area contributed by atoms with Crippen LogP contribution in [0, 0.1) is 0 Å². The van der Waals surface area contributed by atoms with E-state index in [1.54, 1.807) is 12.1 Å². The van der Waals surface area contributed by atoms with Crippen molar-refractivity contribution in [1.82, 2.24) is 0 Å². The second-order valence-corrected chi connectivity index (χ2v) is 3.45. The first kappa shape index (κ1) is 13.0. The molecule has 1 atom stereocenters. The molecule has 0 bridgehead atoms. The Morgan fingerprint density at radius 3 is 2.24 bits per heavy atom. The van der Waals surface area contributed by atoms with Crippen LogP contribution < -0.4 is 0 Å². The standard InChI is InChI=1S/C12H14O5/c1-16-11(14)7-10(12(15)17-2)8-3-5-9(13)6-4-8/h3-6,10,13H,7H2,1-2H3/t10-/m0/s1. The maximum Gasteiger partial charge on any atom is 0.313 e. The molecule has 0 radical (unpaired) electrons. The van der Waals surface area contributed by atoms with E-state index in [1.165, 1.54) is 26.4 Å². The zero-order valence-corrected chi connectivity index (χ0v) is 9.67. The maximum absolute atomic E-state index is 11.6. The Labute approximate surface area is 99.0 Å². The summed E-state index contributed by atoms with van der Waals surface area (Å²) in [5, 5.41) is 9.15. The van der Waals surface area contributed by atoms with Crippen molar-refractivity contribution in [2.24, 2.45) is 0 Å². The summed E-state index contributed by atoms with van der Waals surface area (Å²) in [7, 11) is 2.51. The fourth-order valence-corrected chi connectivity index (χ4v) is 1.44. The molecule has 1 N–H and O–H groups in total. The van der Waals surface area contributed by atoms with Gasteiger partial charge in [0.15, 0.2) is 0 Å². The van der Waals surface area contributed by atoms with E-state index in [-0.39, 0.29) is 12.2 Å². The Morgan fingerprint density at radius 2 is 1.76 bits per heavy atom. The molecule has 0 heterocycles. The van der Waals surface area contributed by atoms with Crippen LogP contribution in [0.25, 0.3) is 0 Å². The van der Waals surface area contributed by atoms with Gasteiger partial charge in [-0.1, -0.05) is 12.1 Å². The van der Waals surface area contributed by atoms with Crippen LogP contribution >= 0.6 is 0 Å². The number of esters is 2. The number of carbonyl (C=O) groups excluding carboxylic acids is 2. The molecule has 0 aliphatic carbocycles. The van der Waals surface area contributed by atoms with Gasteiger partial charge < -0.3 is 14.6 Å². The van der Waals surface area contributed by atoms with Crippen LogP contribution in [-0.4, -0.2) is 31.3 Å². The monoisotopic (exact) mass is 238 g/mol. The van der Waals surface area contributed by atoms with E-state index >= 15 is 0 Å². The van der Waals surface area contributed by atoms with Crippen molar-refractivity contribution in [2.75, 3.05) is 14.2 Å². The topological polar surface area (TPSA) is 72.8 Å². The van der Waals surface area contributed by atoms with Crippen LogP contribution in [0.4, 0.5) is 0 Å². The molecular weight excluding hydrogens is 224 g/mol. The lowest BCUT2D eigenvalue weighted by molar-refractivity contribution is -0.149. The molecule has 0 saturated carbocycles. The van der Waals surface area contributed by atoms with Crippen molar-refractivity contribution in [3.05, 3.63) is 29.8 Å². The van der Waals surface area contributed by atoms with Gasteiger partial charge in [-0.05, 0) is 17.7 Å². The molecule has 1 rings (SSSR count). The lowest BCUT2D eigenvalue weighted by Crippen LogP contribution is -2.18. The van der Waals surface area contributed by atoms with E-state index in [9.17, 15) is 9.59 Å². The average molecular weight is 238 g/mol. The van der Waals surface area contributed by atoms with Gasteiger partial charge >= 0.3 is 11.9 Å². The van der Waals surface area contributed by atoms with E-state index in [4.69, 9.17) is 5.11 Å². The molecule has 5 heteroatoms. The van der Waals surface area contributed by atoms with Crippen LogP contribution in [0.1, 0.15) is 17.9 Å². The number of hydrogen-bond donors (Lipinski definition) is 1. The zero-order valence-electron chi connectivity index (χ0n) is 9.67. The smallest absolute Gasteiger partial charge is 0.313 e. The third-order valence-corrected chi connectivity index (χ3v) is 2.38. The molecule has 1 aromatic rings. The minimum Gasteiger partial charge on any atom is -0.508 e. The number of aromatic hydroxyl groups is 1. The molecule has 5 nitrogen and oxygen atoms in total. The van der Waals surface area contributed by atoms with Crippen LogP contribution in [0.2, 0.25) is 0 Å². The van der Waals surface area contributed by atoms with Crippen LogP contribution in [0.5, 0.6) is 5.75 Å².